The molecule has 3 aromatic rings. The number of hydrogen-bond acceptors (Lipinski definition) is 5. The van der Waals surface area contributed by atoms with Crippen LogP contribution in [0.15, 0.2) is 48.5 Å². The molecule has 0 amide bonds. The van der Waals surface area contributed by atoms with Crippen LogP contribution in [0.1, 0.15) is 12.5 Å². The summed E-state index contributed by atoms with van der Waals surface area (Å²) in [6.07, 6.45) is 2.25. The molecule has 27 heavy (non-hydrogen) atoms. The third kappa shape index (κ3) is 3.30. The van der Waals surface area contributed by atoms with Crippen molar-refractivity contribution in [2.45, 2.75) is 19.4 Å². The van der Waals surface area contributed by atoms with E-state index in [9.17, 15) is 8.42 Å². The second-order valence-electron chi connectivity index (χ2n) is 6.82. The average molecular weight is 383 g/mol. The Balaban J connectivity index is 1.71. The Kier molecular flexibility index (Phi) is 4.19. The van der Waals surface area contributed by atoms with Crippen LogP contribution in [0.25, 0.3) is 10.9 Å². The first-order chi connectivity index (χ1) is 12.8. The summed E-state index contributed by atoms with van der Waals surface area (Å²) in [5.74, 6) is 1.55. The van der Waals surface area contributed by atoms with Gasteiger partial charge in [-0.15, -0.1) is 0 Å². The van der Waals surface area contributed by atoms with Crippen LogP contribution in [0.5, 0.6) is 5.75 Å². The highest BCUT2D eigenvalue weighted by Crippen LogP contribution is 2.37. The van der Waals surface area contributed by atoms with Gasteiger partial charge in [-0.25, -0.2) is 13.4 Å². The molecule has 7 heteroatoms. The van der Waals surface area contributed by atoms with Gasteiger partial charge < -0.3 is 10.1 Å². The molecule has 1 atom stereocenters. The van der Waals surface area contributed by atoms with Gasteiger partial charge >= 0.3 is 0 Å². The molecule has 1 aliphatic heterocycles. The van der Waals surface area contributed by atoms with Crippen LogP contribution in [0, 0.1) is 0 Å². The SMILES string of the molecule is CC1Cc2cccc(Nc3ccc4c(N(C)S(C)(=O)=O)cccc4n3)c2O1. The summed E-state index contributed by atoms with van der Waals surface area (Å²) < 4.78 is 31.0. The highest BCUT2D eigenvalue weighted by Gasteiger charge is 2.22. The highest BCUT2D eigenvalue weighted by molar-refractivity contribution is 7.92. The van der Waals surface area contributed by atoms with Crippen LogP contribution in [-0.4, -0.2) is 32.8 Å². The van der Waals surface area contributed by atoms with Gasteiger partial charge in [0.1, 0.15) is 17.7 Å². The standard InChI is InChI=1S/C20H21N3O3S/c1-13-12-14-6-4-8-17(20(14)26-13)22-19-11-10-15-16(21-19)7-5-9-18(15)23(2)27(3,24)25/h4-11,13H,12H2,1-3H3,(H,21,22). The highest BCUT2D eigenvalue weighted by atomic mass is 32.2. The minimum Gasteiger partial charge on any atom is -0.488 e. The van der Waals surface area contributed by atoms with E-state index in [1.807, 2.05) is 30.3 Å². The largest absolute Gasteiger partial charge is 0.488 e. The number of nitrogens with zero attached hydrogens (tertiary/aromatic N) is 2. The number of ether oxygens (including phenoxy) is 1. The molecular formula is C20H21N3O3S. The minimum absolute atomic E-state index is 0.168. The van der Waals surface area contributed by atoms with E-state index in [1.165, 1.54) is 16.1 Å². The summed E-state index contributed by atoms with van der Waals surface area (Å²) in [7, 11) is -1.80. The molecular weight excluding hydrogens is 362 g/mol. The number of sulfonamides is 1. The van der Waals surface area contributed by atoms with Gasteiger partial charge in [-0.3, -0.25) is 4.31 Å². The van der Waals surface area contributed by atoms with E-state index in [4.69, 9.17) is 4.74 Å². The number of aromatic nitrogens is 1. The Morgan fingerprint density at radius 1 is 1.15 bits per heavy atom. The van der Waals surface area contributed by atoms with E-state index in [2.05, 4.69) is 23.3 Å². The quantitative estimate of drug-likeness (QED) is 0.744. The lowest BCUT2D eigenvalue weighted by molar-refractivity contribution is 0.256. The summed E-state index contributed by atoms with van der Waals surface area (Å²) in [4.78, 5) is 4.65. The minimum atomic E-state index is -3.34. The van der Waals surface area contributed by atoms with Gasteiger partial charge in [-0.1, -0.05) is 18.2 Å². The predicted octanol–water partition coefficient (Wildman–Crippen LogP) is 3.70. The molecule has 4 rings (SSSR count). The van der Waals surface area contributed by atoms with Crippen molar-refractivity contribution in [2.24, 2.45) is 0 Å². The molecule has 140 valence electrons. The Morgan fingerprint density at radius 2 is 1.93 bits per heavy atom. The van der Waals surface area contributed by atoms with Crippen molar-refractivity contribution < 1.29 is 13.2 Å². The number of pyridine rings is 1. The Morgan fingerprint density at radius 3 is 2.70 bits per heavy atom. The molecule has 0 fully saturated rings. The van der Waals surface area contributed by atoms with E-state index in [0.717, 1.165) is 28.8 Å². The lowest BCUT2D eigenvalue weighted by atomic mass is 10.1. The van der Waals surface area contributed by atoms with Gasteiger partial charge in [0.15, 0.2) is 0 Å². The van der Waals surface area contributed by atoms with Gasteiger partial charge in [0.25, 0.3) is 0 Å². The molecule has 2 heterocycles. The number of rotatable bonds is 4. The maximum absolute atomic E-state index is 11.9. The van der Waals surface area contributed by atoms with Crippen LogP contribution >= 0.6 is 0 Å². The van der Waals surface area contributed by atoms with Crippen LogP contribution in [0.2, 0.25) is 0 Å². The molecule has 1 aliphatic rings. The number of benzene rings is 2. The third-order valence-electron chi connectivity index (χ3n) is 4.73. The number of anilines is 3. The Labute approximate surface area is 158 Å². The van der Waals surface area contributed by atoms with Crippen molar-refractivity contribution >= 4 is 38.1 Å². The first-order valence-corrected chi connectivity index (χ1v) is 10.6. The number of hydrogen-bond donors (Lipinski definition) is 1. The zero-order chi connectivity index (χ0) is 19.2. The molecule has 1 aromatic heterocycles. The fraction of sp³-hybridized carbons (Fsp3) is 0.250. The predicted molar refractivity (Wildman–Crippen MR) is 109 cm³/mol. The zero-order valence-corrected chi connectivity index (χ0v) is 16.2. The number of para-hydroxylation sites is 1. The third-order valence-corrected chi connectivity index (χ3v) is 5.92. The smallest absolute Gasteiger partial charge is 0.232 e. The maximum atomic E-state index is 11.9. The molecule has 6 nitrogen and oxygen atoms in total. The van der Waals surface area contributed by atoms with Crippen molar-refractivity contribution in [2.75, 3.05) is 22.9 Å². The van der Waals surface area contributed by atoms with Crippen LogP contribution in [-0.2, 0) is 16.4 Å². The molecule has 2 aromatic carbocycles. The second-order valence-corrected chi connectivity index (χ2v) is 8.84. The van der Waals surface area contributed by atoms with E-state index < -0.39 is 10.0 Å². The van der Waals surface area contributed by atoms with Crippen molar-refractivity contribution in [3.63, 3.8) is 0 Å². The van der Waals surface area contributed by atoms with Crippen molar-refractivity contribution in [1.29, 1.82) is 0 Å². The van der Waals surface area contributed by atoms with Crippen LogP contribution in [0.4, 0.5) is 17.2 Å². The fourth-order valence-corrected chi connectivity index (χ4v) is 3.85. The normalized spacial score (nSPS) is 16.0. The molecule has 0 bridgehead atoms. The van der Waals surface area contributed by atoms with E-state index in [-0.39, 0.29) is 6.10 Å². The first-order valence-electron chi connectivity index (χ1n) is 8.72. The van der Waals surface area contributed by atoms with Crippen molar-refractivity contribution in [1.82, 2.24) is 4.98 Å². The molecule has 0 saturated heterocycles. The van der Waals surface area contributed by atoms with E-state index in [1.54, 1.807) is 19.2 Å². The second kappa shape index (κ2) is 6.42. The van der Waals surface area contributed by atoms with E-state index >= 15 is 0 Å². The van der Waals surface area contributed by atoms with E-state index in [0.29, 0.717) is 11.5 Å². The van der Waals surface area contributed by atoms with Gasteiger partial charge in [0.2, 0.25) is 10.0 Å². The summed E-state index contributed by atoms with van der Waals surface area (Å²) in [6.45, 7) is 2.05. The van der Waals surface area contributed by atoms with Gasteiger partial charge in [-0.05, 0) is 42.8 Å². The lowest BCUT2D eigenvalue weighted by Gasteiger charge is -2.19. The molecule has 0 radical (unpaired) electrons. The summed E-state index contributed by atoms with van der Waals surface area (Å²) in [5.41, 5.74) is 3.39. The number of nitrogens with one attached hydrogen (secondary N) is 1. The molecule has 1 N–H and O–H groups in total. The summed E-state index contributed by atoms with van der Waals surface area (Å²) in [6, 6.07) is 15.2. The monoisotopic (exact) mass is 383 g/mol. The Hall–Kier alpha value is -2.80. The molecule has 0 aliphatic carbocycles. The summed E-state index contributed by atoms with van der Waals surface area (Å²) >= 11 is 0. The van der Waals surface area contributed by atoms with Gasteiger partial charge in [-0.2, -0.15) is 0 Å². The average Bonchev–Trinajstić information content (AvgIpc) is 3.01. The fourth-order valence-electron chi connectivity index (χ4n) is 3.34. The molecule has 0 spiro atoms. The van der Waals surface area contributed by atoms with Gasteiger partial charge in [0, 0.05) is 18.9 Å². The zero-order valence-electron chi connectivity index (χ0n) is 15.4. The molecule has 1 unspecified atom stereocenters. The number of fused-ring (bicyclic) bond motifs is 2. The Bertz CT molecular complexity index is 1130. The van der Waals surface area contributed by atoms with Crippen molar-refractivity contribution in [3.05, 3.63) is 54.1 Å². The van der Waals surface area contributed by atoms with Crippen LogP contribution < -0.4 is 14.4 Å². The topological polar surface area (TPSA) is 71.5 Å². The summed E-state index contributed by atoms with van der Waals surface area (Å²) in [5, 5.41) is 4.10. The first kappa shape index (κ1) is 17.6. The lowest BCUT2D eigenvalue weighted by Crippen LogP contribution is -2.25. The van der Waals surface area contributed by atoms with Gasteiger partial charge in [0.05, 0.1) is 23.1 Å². The van der Waals surface area contributed by atoms with Crippen molar-refractivity contribution in [3.8, 4) is 5.75 Å². The molecule has 0 saturated carbocycles. The maximum Gasteiger partial charge on any atom is 0.232 e. The van der Waals surface area contributed by atoms with Crippen LogP contribution in [0.3, 0.4) is 0 Å².